The van der Waals surface area contributed by atoms with Crippen molar-refractivity contribution >= 4 is 0 Å². The van der Waals surface area contributed by atoms with Crippen LogP contribution in [-0.2, 0) is 6.18 Å². The maximum Gasteiger partial charge on any atom is 0.471 e. The van der Waals surface area contributed by atoms with Crippen molar-refractivity contribution in [1.29, 1.82) is 0 Å². The average molecular weight is 397 g/mol. The summed E-state index contributed by atoms with van der Waals surface area (Å²) in [6, 6.07) is 5.00. The van der Waals surface area contributed by atoms with Crippen molar-refractivity contribution in [3.63, 3.8) is 0 Å². The second kappa shape index (κ2) is 7.91. The highest BCUT2D eigenvalue weighted by atomic mass is 19.4. The van der Waals surface area contributed by atoms with E-state index in [9.17, 15) is 13.2 Å². The molecule has 2 aromatic heterocycles. The van der Waals surface area contributed by atoms with Crippen LogP contribution in [0.25, 0.3) is 11.4 Å². The topological polar surface area (TPSA) is 83.4 Å². The zero-order chi connectivity index (χ0) is 20.3. The first-order valence-electron chi connectivity index (χ1n) is 8.45. The Hall–Kier alpha value is -3.04. The van der Waals surface area contributed by atoms with Crippen LogP contribution >= 0.6 is 0 Å². The van der Waals surface area contributed by atoms with Crippen molar-refractivity contribution in [2.24, 2.45) is 0 Å². The maximum atomic E-state index is 12.6. The van der Waals surface area contributed by atoms with E-state index in [1.807, 2.05) is 0 Å². The van der Waals surface area contributed by atoms with E-state index in [1.54, 1.807) is 39.0 Å². The van der Waals surface area contributed by atoms with E-state index in [0.717, 1.165) is 16.8 Å². The predicted octanol–water partition coefficient (Wildman–Crippen LogP) is 4.52. The third-order valence-corrected chi connectivity index (χ3v) is 3.77. The van der Waals surface area contributed by atoms with Gasteiger partial charge in [0.15, 0.2) is 0 Å². The highest BCUT2D eigenvalue weighted by Crippen LogP contribution is 2.32. The fourth-order valence-corrected chi connectivity index (χ4v) is 2.58. The summed E-state index contributed by atoms with van der Waals surface area (Å²) in [5.41, 5.74) is 2.66. The molecule has 0 spiro atoms. The molecule has 0 radical (unpaired) electrons. The number of aryl methyl sites for hydroxylation is 3. The second-order valence-corrected chi connectivity index (χ2v) is 6.20. The molecule has 0 bridgehead atoms. The zero-order valence-electron chi connectivity index (χ0n) is 15.5. The van der Waals surface area contributed by atoms with E-state index in [2.05, 4.69) is 19.8 Å². The summed E-state index contributed by atoms with van der Waals surface area (Å²) in [5.74, 6) is -0.493. The summed E-state index contributed by atoms with van der Waals surface area (Å²) in [6.07, 6.45) is -4.06. The van der Waals surface area contributed by atoms with Crippen molar-refractivity contribution < 1.29 is 31.7 Å². The summed E-state index contributed by atoms with van der Waals surface area (Å²) < 4.78 is 58.3. The Morgan fingerprint density at radius 1 is 0.929 bits per heavy atom. The number of hydrogen-bond donors (Lipinski definition) is 0. The number of hydrogen-bond acceptors (Lipinski definition) is 7. The SMILES string of the molecule is Cc1cc(OCCCOc2c(C)cc(-c3noc(C(F)(F)F)n3)cc2C)on1. The van der Waals surface area contributed by atoms with Crippen molar-refractivity contribution in [1.82, 2.24) is 15.3 Å². The van der Waals surface area contributed by atoms with Crippen LogP contribution in [0, 0.1) is 20.8 Å². The molecule has 10 heteroatoms. The number of halogens is 3. The minimum absolute atomic E-state index is 0.124. The minimum Gasteiger partial charge on any atom is -0.493 e. The summed E-state index contributed by atoms with van der Waals surface area (Å²) in [4.78, 5) is 3.41. The Labute approximate surface area is 158 Å². The molecule has 2 heterocycles. The van der Waals surface area contributed by atoms with Gasteiger partial charge in [-0.15, -0.1) is 0 Å². The van der Waals surface area contributed by atoms with Crippen LogP contribution in [0.15, 0.2) is 27.2 Å². The van der Waals surface area contributed by atoms with E-state index in [4.69, 9.17) is 14.0 Å². The van der Waals surface area contributed by atoms with Gasteiger partial charge in [-0.1, -0.05) is 10.3 Å². The van der Waals surface area contributed by atoms with Gasteiger partial charge in [0.05, 0.1) is 18.9 Å². The molecule has 0 fully saturated rings. The molecule has 0 amide bonds. The van der Waals surface area contributed by atoms with E-state index < -0.39 is 12.1 Å². The summed E-state index contributed by atoms with van der Waals surface area (Å²) >= 11 is 0. The van der Waals surface area contributed by atoms with E-state index in [1.165, 1.54) is 0 Å². The molecule has 0 atom stereocenters. The fraction of sp³-hybridized carbons (Fsp3) is 0.389. The molecule has 0 N–H and O–H groups in total. The van der Waals surface area contributed by atoms with E-state index in [0.29, 0.717) is 36.9 Å². The number of ether oxygens (including phenoxy) is 2. The standard InChI is InChI=1S/C18H18F3N3O4/c1-10-7-13(16-22-17(28-24-16)18(19,20)21)8-11(2)15(10)26-6-4-5-25-14-9-12(3)23-27-14/h7-9H,4-6H2,1-3H3. The Morgan fingerprint density at radius 3 is 2.18 bits per heavy atom. The van der Waals surface area contributed by atoms with Gasteiger partial charge in [-0.05, 0) is 44.0 Å². The van der Waals surface area contributed by atoms with E-state index >= 15 is 0 Å². The highest BCUT2D eigenvalue weighted by Gasteiger charge is 2.38. The Bertz CT molecular complexity index is 927. The molecule has 1 aromatic carbocycles. The molecular formula is C18H18F3N3O4. The first kappa shape index (κ1) is 19.7. The number of aromatic nitrogens is 3. The summed E-state index contributed by atoms with van der Waals surface area (Å²) in [5, 5.41) is 7.13. The molecule has 150 valence electrons. The van der Waals surface area contributed by atoms with Crippen molar-refractivity contribution in [2.45, 2.75) is 33.4 Å². The average Bonchev–Trinajstić information content (AvgIpc) is 3.25. The van der Waals surface area contributed by atoms with Gasteiger partial charge in [0.2, 0.25) is 5.82 Å². The normalized spacial score (nSPS) is 11.6. The minimum atomic E-state index is -4.68. The largest absolute Gasteiger partial charge is 0.493 e. The van der Waals surface area contributed by atoms with E-state index in [-0.39, 0.29) is 5.82 Å². The molecule has 3 rings (SSSR count). The lowest BCUT2D eigenvalue weighted by atomic mass is 10.1. The van der Waals surface area contributed by atoms with Crippen LogP contribution < -0.4 is 9.47 Å². The van der Waals surface area contributed by atoms with Gasteiger partial charge < -0.3 is 18.5 Å². The maximum absolute atomic E-state index is 12.6. The lowest BCUT2D eigenvalue weighted by molar-refractivity contribution is -0.159. The fourth-order valence-electron chi connectivity index (χ4n) is 2.58. The molecule has 28 heavy (non-hydrogen) atoms. The number of nitrogens with zero attached hydrogens (tertiary/aromatic N) is 3. The molecular weight excluding hydrogens is 379 g/mol. The molecule has 0 saturated heterocycles. The van der Waals surface area contributed by atoms with Crippen LogP contribution in [0.3, 0.4) is 0 Å². The monoisotopic (exact) mass is 397 g/mol. The van der Waals surface area contributed by atoms with Gasteiger partial charge in [-0.3, -0.25) is 0 Å². The predicted molar refractivity (Wildman–Crippen MR) is 91.1 cm³/mol. The van der Waals surface area contributed by atoms with Crippen LogP contribution in [0.5, 0.6) is 11.7 Å². The summed E-state index contributed by atoms with van der Waals surface area (Å²) in [6.45, 7) is 6.18. The van der Waals surface area contributed by atoms with Crippen LogP contribution in [-0.4, -0.2) is 28.5 Å². The molecule has 0 saturated carbocycles. The molecule has 7 nitrogen and oxygen atoms in total. The Morgan fingerprint density at radius 2 is 1.61 bits per heavy atom. The quantitative estimate of drug-likeness (QED) is 0.542. The van der Waals surface area contributed by atoms with Crippen molar-refractivity contribution in [3.05, 3.63) is 40.9 Å². The molecule has 0 aliphatic rings. The highest BCUT2D eigenvalue weighted by molar-refractivity contribution is 5.61. The van der Waals surface area contributed by atoms with Gasteiger partial charge in [0.25, 0.3) is 0 Å². The third kappa shape index (κ3) is 4.62. The first-order valence-corrected chi connectivity index (χ1v) is 8.45. The van der Waals surface area contributed by atoms with Crippen molar-refractivity contribution in [3.8, 4) is 23.1 Å². The van der Waals surface area contributed by atoms with Crippen LogP contribution in [0.2, 0.25) is 0 Å². The van der Waals surface area contributed by atoms with Gasteiger partial charge in [-0.25, -0.2) is 0 Å². The second-order valence-electron chi connectivity index (χ2n) is 6.20. The smallest absolute Gasteiger partial charge is 0.471 e. The molecule has 0 aliphatic heterocycles. The van der Waals surface area contributed by atoms with Gasteiger partial charge in [0.1, 0.15) is 5.75 Å². The Kier molecular flexibility index (Phi) is 5.57. The van der Waals surface area contributed by atoms with Gasteiger partial charge in [0, 0.05) is 18.1 Å². The zero-order valence-corrected chi connectivity index (χ0v) is 15.5. The molecule has 0 unspecified atom stereocenters. The van der Waals surface area contributed by atoms with Crippen LogP contribution in [0.4, 0.5) is 13.2 Å². The van der Waals surface area contributed by atoms with Gasteiger partial charge >= 0.3 is 18.0 Å². The van der Waals surface area contributed by atoms with Crippen molar-refractivity contribution in [2.75, 3.05) is 13.2 Å². The number of rotatable bonds is 7. The Balaban J connectivity index is 1.59. The lowest BCUT2D eigenvalue weighted by Gasteiger charge is -2.13. The first-order chi connectivity index (χ1) is 13.2. The lowest BCUT2D eigenvalue weighted by Crippen LogP contribution is -2.06. The number of benzene rings is 1. The summed E-state index contributed by atoms with van der Waals surface area (Å²) in [7, 11) is 0. The molecule has 0 aliphatic carbocycles. The number of alkyl halides is 3. The molecule has 3 aromatic rings. The third-order valence-electron chi connectivity index (χ3n) is 3.77. The van der Waals surface area contributed by atoms with Crippen LogP contribution in [0.1, 0.15) is 29.1 Å². The van der Waals surface area contributed by atoms with Gasteiger partial charge in [-0.2, -0.15) is 18.2 Å².